The fraction of sp³-hybridized carbons (Fsp3) is 0.0625. The van der Waals surface area contributed by atoms with E-state index in [2.05, 4.69) is 25.6 Å². The molecule has 5 nitrogen and oxygen atoms in total. The maximum atomic E-state index is 6.13. The Morgan fingerprint density at radius 3 is 2.61 bits per heavy atom. The molecule has 3 rings (SSSR count). The highest BCUT2D eigenvalue weighted by molar-refractivity contribution is 6.35. The summed E-state index contributed by atoms with van der Waals surface area (Å²) >= 11 is 12.1. The third-order valence-corrected chi connectivity index (χ3v) is 3.62. The first-order valence-corrected chi connectivity index (χ1v) is 7.64. The number of halogens is 2. The Balaban J connectivity index is 1.71. The summed E-state index contributed by atoms with van der Waals surface area (Å²) in [4.78, 5) is 12.6. The number of benzene rings is 1. The molecule has 0 aliphatic carbocycles. The van der Waals surface area contributed by atoms with Crippen molar-refractivity contribution in [1.82, 2.24) is 15.0 Å². The number of nitrogens with zero attached hydrogens (tertiary/aromatic N) is 3. The van der Waals surface area contributed by atoms with Crippen LogP contribution in [-0.2, 0) is 6.54 Å². The zero-order valence-corrected chi connectivity index (χ0v) is 13.5. The highest BCUT2D eigenvalue weighted by Crippen LogP contribution is 2.27. The monoisotopic (exact) mass is 345 g/mol. The molecular weight excluding hydrogens is 333 g/mol. The van der Waals surface area contributed by atoms with Crippen LogP contribution in [0.4, 0.5) is 17.5 Å². The number of hydrogen-bond donors (Lipinski definition) is 2. The van der Waals surface area contributed by atoms with Gasteiger partial charge in [-0.3, -0.25) is 4.98 Å². The van der Waals surface area contributed by atoms with Gasteiger partial charge in [-0.1, -0.05) is 23.2 Å². The largest absolute Gasteiger partial charge is 0.366 e. The molecule has 0 saturated carbocycles. The minimum absolute atomic E-state index is 0.439. The third kappa shape index (κ3) is 4.31. The second kappa shape index (κ2) is 7.26. The van der Waals surface area contributed by atoms with E-state index in [1.165, 1.54) is 0 Å². The molecule has 0 amide bonds. The summed E-state index contributed by atoms with van der Waals surface area (Å²) in [6.45, 7) is 0.650. The average molecular weight is 346 g/mol. The molecule has 1 aromatic carbocycles. The lowest BCUT2D eigenvalue weighted by atomic mass is 10.3. The minimum Gasteiger partial charge on any atom is -0.366 e. The summed E-state index contributed by atoms with van der Waals surface area (Å²) < 4.78 is 0. The van der Waals surface area contributed by atoms with E-state index in [0.29, 0.717) is 34.0 Å². The molecule has 7 heteroatoms. The highest BCUT2D eigenvalue weighted by Gasteiger charge is 2.05. The van der Waals surface area contributed by atoms with Gasteiger partial charge in [-0.2, -0.15) is 4.98 Å². The van der Waals surface area contributed by atoms with E-state index in [1.54, 1.807) is 42.9 Å². The molecule has 0 atom stereocenters. The van der Waals surface area contributed by atoms with Gasteiger partial charge in [-0.15, -0.1) is 0 Å². The first-order valence-electron chi connectivity index (χ1n) is 6.88. The van der Waals surface area contributed by atoms with Crippen LogP contribution in [0.25, 0.3) is 0 Å². The van der Waals surface area contributed by atoms with Gasteiger partial charge in [0, 0.05) is 30.2 Å². The molecule has 2 N–H and O–H groups in total. The fourth-order valence-electron chi connectivity index (χ4n) is 1.92. The maximum absolute atomic E-state index is 6.13. The second-order valence-corrected chi connectivity index (χ2v) is 5.57. The van der Waals surface area contributed by atoms with Crippen molar-refractivity contribution in [1.29, 1.82) is 0 Å². The van der Waals surface area contributed by atoms with Gasteiger partial charge in [-0.25, -0.2) is 4.98 Å². The van der Waals surface area contributed by atoms with Crippen molar-refractivity contribution in [2.75, 3.05) is 10.6 Å². The van der Waals surface area contributed by atoms with Crippen molar-refractivity contribution in [2.24, 2.45) is 0 Å². The fourth-order valence-corrected chi connectivity index (χ4v) is 2.26. The van der Waals surface area contributed by atoms with Crippen LogP contribution in [0.3, 0.4) is 0 Å². The third-order valence-electron chi connectivity index (χ3n) is 3.05. The number of rotatable bonds is 5. The van der Waals surface area contributed by atoms with Gasteiger partial charge in [0.05, 0.1) is 10.7 Å². The first-order chi connectivity index (χ1) is 11.2. The number of pyridine rings is 1. The van der Waals surface area contributed by atoms with Gasteiger partial charge < -0.3 is 10.6 Å². The van der Waals surface area contributed by atoms with E-state index in [9.17, 15) is 0 Å². The highest BCUT2D eigenvalue weighted by atomic mass is 35.5. The van der Waals surface area contributed by atoms with Crippen molar-refractivity contribution in [2.45, 2.75) is 6.54 Å². The van der Waals surface area contributed by atoms with Gasteiger partial charge in [0.25, 0.3) is 0 Å². The van der Waals surface area contributed by atoms with Crippen molar-refractivity contribution in [3.63, 3.8) is 0 Å². The number of nitrogens with one attached hydrogen (secondary N) is 2. The van der Waals surface area contributed by atoms with Crippen LogP contribution in [0, 0.1) is 0 Å². The lowest BCUT2D eigenvalue weighted by Crippen LogP contribution is -2.04. The molecule has 0 fully saturated rings. The Bertz CT molecular complexity index is 795. The number of aromatic nitrogens is 3. The van der Waals surface area contributed by atoms with Gasteiger partial charge in [-0.05, 0) is 42.0 Å². The van der Waals surface area contributed by atoms with E-state index in [4.69, 9.17) is 23.2 Å². The van der Waals surface area contributed by atoms with E-state index in [1.807, 2.05) is 12.1 Å². The van der Waals surface area contributed by atoms with Crippen LogP contribution in [-0.4, -0.2) is 15.0 Å². The second-order valence-electron chi connectivity index (χ2n) is 4.72. The predicted molar refractivity (Wildman–Crippen MR) is 93.3 cm³/mol. The van der Waals surface area contributed by atoms with E-state index in [-0.39, 0.29) is 0 Å². The van der Waals surface area contributed by atoms with Gasteiger partial charge in [0.15, 0.2) is 0 Å². The standard InChI is InChI=1S/C16H13Cl2N5/c17-12-1-2-13(18)14(9-12)22-16-20-8-5-15(23-16)21-10-11-3-6-19-7-4-11/h1-9H,10H2,(H2,20,21,22,23). The summed E-state index contributed by atoms with van der Waals surface area (Å²) in [5.41, 5.74) is 1.77. The van der Waals surface area contributed by atoms with Crippen molar-refractivity contribution in [3.05, 3.63) is 70.6 Å². The molecule has 116 valence electrons. The zero-order chi connectivity index (χ0) is 16.1. The smallest absolute Gasteiger partial charge is 0.229 e. The topological polar surface area (TPSA) is 62.7 Å². The molecule has 2 aromatic heterocycles. The Morgan fingerprint density at radius 2 is 1.78 bits per heavy atom. The zero-order valence-electron chi connectivity index (χ0n) is 12.0. The van der Waals surface area contributed by atoms with Crippen LogP contribution in [0.5, 0.6) is 0 Å². The Morgan fingerprint density at radius 1 is 0.957 bits per heavy atom. The van der Waals surface area contributed by atoms with Crippen molar-refractivity contribution < 1.29 is 0 Å². The van der Waals surface area contributed by atoms with Gasteiger partial charge >= 0.3 is 0 Å². The molecule has 0 aliphatic rings. The maximum Gasteiger partial charge on any atom is 0.229 e. The lowest BCUT2D eigenvalue weighted by molar-refractivity contribution is 1.08. The summed E-state index contributed by atoms with van der Waals surface area (Å²) in [5.74, 6) is 1.14. The normalized spacial score (nSPS) is 10.3. The predicted octanol–water partition coefficient (Wildman–Crippen LogP) is 4.53. The minimum atomic E-state index is 0.439. The molecule has 0 unspecified atom stereocenters. The summed E-state index contributed by atoms with van der Waals surface area (Å²) in [7, 11) is 0. The Kier molecular flexibility index (Phi) is 4.90. The summed E-state index contributed by atoms with van der Waals surface area (Å²) in [6, 6.07) is 10.9. The number of hydrogen-bond acceptors (Lipinski definition) is 5. The molecule has 0 radical (unpaired) electrons. The number of anilines is 3. The Hall–Kier alpha value is -2.37. The summed E-state index contributed by atoms with van der Waals surface area (Å²) in [6.07, 6.45) is 5.18. The Labute approximate surface area is 143 Å². The van der Waals surface area contributed by atoms with Crippen LogP contribution in [0.1, 0.15) is 5.56 Å². The molecule has 0 spiro atoms. The molecular formula is C16H13Cl2N5. The van der Waals surface area contributed by atoms with Gasteiger partial charge in [0.1, 0.15) is 5.82 Å². The van der Waals surface area contributed by atoms with Crippen LogP contribution in [0.15, 0.2) is 55.0 Å². The molecule has 0 aliphatic heterocycles. The van der Waals surface area contributed by atoms with Gasteiger partial charge in [0.2, 0.25) is 5.95 Å². The van der Waals surface area contributed by atoms with Crippen LogP contribution >= 0.6 is 23.2 Å². The van der Waals surface area contributed by atoms with E-state index in [0.717, 1.165) is 5.56 Å². The molecule has 0 saturated heterocycles. The summed E-state index contributed by atoms with van der Waals surface area (Å²) in [5, 5.41) is 7.43. The average Bonchev–Trinajstić information content (AvgIpc) is 2.58. The first kappa shape index (κ1) is 15.5. The van der Waals surface area contributed by atoms with Crippen LogP contribution in [0.2, 0.25) is 10.0 Å². The molecule has 2 heterocycles. The van der Waals surface area contributed by atoms with E-state index >= 15 is 0 Å². The molecule has 3 aromatic rings. The van der Waals surface area contributed by atoms with Crippen LogP contribution < -0.4 is 10.6 Å². The van der Waals surface area contributed by atoms with Crippen molar-refractivity contribution >= 4 is 40.7 Å². The van der Waals surface area contributed by atoms with Crippen molar-refractivity contribution in [3.8, 4) is 0 Å². The molecule has 0 bridgehead atoms. The van der Waals surface area contributed by atoms with E-state index < -0.39 is 0 Å². The SMILES string of the molecule is Clc1ccc(Cl)c(Nc2nccc(NCc3ccncc3)n2)c1. The lowest BCUT2D eigenvalue weighted by Gasteiger charge is -2.09. The quantitative estimate of drug-likeness (QED) is 0.710. The molecule has 23 heavy (non-hydrogen) atoms.